The summed E-state index contributed by atoms with van der Waals surface area (Å²) in [6, 6.07) is 17.5. The zero-order valence-corrected chi connectivity index (χ0v) is 17.1. The highest BCUT2D eigenvalue weighted by Gasteiger charge is 2.16. The molecule has 1 amide bonds. The van der Waals surface area contributed by atoms with E-state index in [0.29, 0.717) is 17.1 Å². The lowest BCUT2D eigenvalue weighted by Crippen LogP contribution is -2.13. The van der Waals surface area contributed by atoms with Gasteiger partial charge in [-0.15, -0.1) is 0 Å². The van der Waals surface area contributed by atoms with Gasteiger partial charge in [0.1, 0.15) is 5.76 Å². The fourth-order valence-electron chi connectivity index (χ4n) is 3.05. The Morgan fingerprint density at radius 1 is 1.11 bits per heavy atom. The molecular formula is C22H18BrN3O2. The molecule has 0 spiro atoms. The largest absolute Gasteiger partial charge is 0.360 e. The molecule has 0 radical (unpaired) electrons. The van der Waals surface area contributed by atoms with Crippen molar-refractivity contribution in [1.29, 1.82) is 0 Å². The van der Waals surface area contributed by atoms with Gasteiger partial charge in [-0.25, -0.2) is 4.98 Å². The van der Waals surface area contributed by atoms with Crippen LogP contribution in [0.25, 0.3) is 22.2 Å². The Bertz CT molecular complexity index is 1170. The van der Waals surface area contributed by atoms with Crippen molar-refractivity contribution in [1.82, 2.24) is 10.1 Å². The van der Waals surface area contributed by atoms with Crippen LogP contribution < -0.4 is 5.32 Å². The Balaban J connectivity index is 1.82. The van der Waals surface area contributed by atoms with Crippen molar-refractivity contribution in [3.8, 4) is 11.3 Å². The van der Waals surface area contributed by atoms with Crippen molar-refractivity contribution in [2.24, 2.45) is 0 Å². The quantitative estimate of drug-likeness (QED) is 0.441. The number of carbonyl (C=O) groups excluding carboxylic acids is 1. The molecule has 1 N–H and O–H groups in total. The van der Waals surface area contributed by atoms with E-state index >= 15 is 0 Å². The van der Waals surface area contributed by atoms with Crippen LogP contribution in [0.2, 0.25) is 0 Å². The first-order valence-corrected chi connectivity index (χ1v) is 9.77. The number of nitrogens with one attached hydrogen (secondary N) is 1. The van der Waals surface area contributed by atoms with Gasteiger partial charge in [0.25, 0.3) is 5.91 Å². The van der Waals surface area contributed by atoms with E-state index in [0.717, 1.165) is 33.1 Å². The van der Waals surface area contributed by atoms with Crippen LogP contribution in [0.15, 0.2) is 63.6 Å². The molecule has 6 heteroatoms. The summed E-state index contributed by atoms with van der Waals surface area (Å²) in [7, 11) is 0. The number of aryl methyl sites for hydroxylation is 2. The third-order valence-corrected chi connectivity index (χ3v) is 5.04. The van der Waals surface area contributed by atoms with Crippen LogP contribution in [0.1, 0.15) is 28.6 Å². The Morgan fingerprint density at radius 2 is 1.89 bits per heavy atom. The second-order valence-corrected chi connectivity index (χ2v) is 7.46. The number of amides is 1. The average Bonchev–Trinajstić information content (AvgIpc) is 3.11. The predicted molar refractivity (Wildman–Crippen MR) is 113 cm³/mol. The molecular weight excluding hydrogens is 418 g/mol. The molecule has 0 saturated carbocycles. The van der Waals surface area contributed by atoms with Crippen LogP contribution in [0.3, 0.4) is 0 Å². The number of carbonyl (C=O) groups is 1. The third-order valence-electron chi connectivity index (χ3n) is 4.54. The van der Waals surface area contributed by atoms with Crippen LogP contribution in [0, 0.1) is 6.92 Å². The molecule has 0 aliphatic rings. The maximum absolute atomic E-state index is 13.0. The van der Waals surface area contributed by atoms with Gasteiger partial charge in [0.05, 0.1) is 16.8 Å². The molecule has 4 aromatic rings. The number of nitrogens with zero attached hydrogens (tertiary/aromatic N) is 2. The molecule has 5 nitrogen and oxygen atoms in total. The topological polar surface area (TPSA) is 68.0 Å². The predicted octanol–water partition coefficient (Wildman–Crippen LogP) is 5.78. The van der Waals surface area contributed by atoms with Crippen molar-refractivity contribution in [2.75, 3.05) is 5.32 Å². The number of hydrogen-bond donors (Lipinski definition) is 1. The third kappa shape index (κ3) is 3.68. The van der Waals surface area contributed by atoms with Gasteiger partial charge in [-0.05, 0) is 43.2 Å². The van der Waals surface area contributed by atoms with E-state index in [4.69, 9.17) is 9.51 Å². The summed E-state index contributed by atoms with van der Waals surface area (Å²) < 4.78 is 5.92. The minimum Gasteiger partial charge on any atom is -0.360 e. The van der Waals surface area contributed by atoms with E-state index in [9.17, 15) is 4.79 Å². The van der Waals surface area contributed by atoms with Crippen molar-refractivity contribution < 1.29 is 9.32 Å². The summed E-state index contributed by atoms with van der Waals surface area (Å²) in [5, 5.41) is 7.41. The standard InChI is InChI=1S/C22H18BrN3O2/c1-3-14-4-6-15(7-5-14)20-12-18(17-11-16(23)8-9-19(17)24-20)22(27)25-21-10-13(2)28-26-21/h4-12H,3H2,1-2H3,(H,25,26,27). The number of hydrogen-bond acceptors (Lipinski definition) is 4. The van der Waals surface area contributed by atoms with Crippen molar-refractivity contribution in [3.63, 3.8) is 0 Å². The number of anilines is 1. The number of pyridine rings is 1. The monoisotopic (exact) mass is 435 g/mol. The summed E-state index contributed by atoms with van der Waals surface area (Å²) in [5.74, 6) is 0.760. The number of halogens is 1. The minimum absolute atomic E-state index is 0.259. The van der Waals surface area contributed by atoms with Crippen molar-refractivity contribution >= 4 is 38.6 Å². The van der Waals surface area contributed by atoms with Crippen LogP contribution in [-0.4, -0.2) is 16.0 Å². The lowest BCUT2D eigenvalue weighted by atomic mass is 10.0. The summed E-state index contributed by atoms with van der Waals surface area (Å²) in [4.78, 5) is 17.8. The lowest BCUT2D eigenvalue weighted by Gasteiger charge is -2.10. The maximum Gasteiger partial charge on any atom is 0.257 e. The van der Waals surface area contributed by atoms with Crippen LogP contribution >= 0.6 is 15.9 Å². The minimum atomic E-state index is -0.259. The Labute approximate surface area is 170 Å². The van der Waals surface area contributed by atoms with Crippen molar-refractivity contribution in [2.45, 2.75) is 20.3 Å². The number of rotatable bonds is 4. The second kappa shape index (κ2) is 7.56. The molecule has 4 rings (SSSR count). The lowest BCUT2D eigenvalue weighted by molar-refractivity contribution is 0.102. The fraction of sp³-hybridized carbons (Fsp3) is 0.136. The van der Waals surface area contributed by atoms with E-state index in [2.05, 4.69) is 45.5 Å². The molecule has 0 fully saturated rings. The van der Waals surface area contributed by atoms with Gasteiger partial charge >= 0.3 is 0 Å². The molecule has 0 aliphatic heterocycles. The summed E-state index contributed by atoms with van der Waals surface area (Å²) in [5.41, 5.74) is 4.25. The molecule has 0 bridgehead atoms. The SMILES string of the molecule is CCc1ccc(-c2cc(C(=O)Nc3cc(C)on3)c3cc(Br)ccc3n2)cc1. The highest BCUT2D eigenvalue weighted by atomic mass is 79.9. The molecule has 140 valence electrons. The zero-order valence-electron chi connectivity index (χ0n) is 15.5. The van der Waals surface area contributed by atoms with Gasteiger partial charge in [0.2, 0.25) is 0 Å². The highest BCUT2D eigenvalue weighted by molar-refractivity contribution is 9.10. The summed E-state index contributed by atoms with van der Waals surface area (Å²) >= 11 is 3.48. The summed E-state index contributed by atoms with van der Waals surface area (Å²) in [6.07, 6.45) is 0.976. The van der Waals surface area contributed by atoms with Gasteiger partial charge in [0.15, 0.2) is 5.82 Å². The molecule has 2 aromatic carbocycles. The molecule has 0 atom stereocenters. The zero-order chi connectivity index (χ0) is 19.7. The molecule has 0 aliphatic carbocycles. The fourth-order valence-corrected chi connectivity index (χ4v) is 3.42. The molecule has 0 saturated heterocycles. The van der Waals surface area contributed by atoms with E-state index in [1.807, 2.05) is 36.4 Å². The first-order valence-electron chi connectivity index (χ1n) is 8.98. The van der Waals surface area contributed by atoms with E-state index in [1.54, 1.807) is 13.0 Å². The van der Waals surface area contributed by atoms with E-state index in [1.165, 1.54) is 5.56 Å². The summed E-state index contributed by atoms with van der Waals surface area (Å²) in [6.45, 7) is 3.90. The van der Waals surface area contributed by atoms with E-state index < -0.39 is 0 Å². The molecule has 2 heterocycles. The first-order chi connectivity index (χ1) is 13.5. The van der Waals surface area contributed by atoms with Crippen LogP contribution in [0.4, 0.5) is 5.82 Å². The Morgan fingerprint density at radius 3 is 2.57 bits per heavy atom. The molecule has 0 unspecified atom stereocenters. The Hall–Kier alpha value is -2.99. The highest BCUT2D eigenvalue weighted by Crippen LogP contribution is 2.28. The first kappa shape index (κ1) is 18.4. The number of fused-ring (bicyclic) bond motifs is 1. The molecule has 28 heavy (non-hydrogen) atoms. The smallest absolute Gasteiger partial charge is 0.257 e. The van der Waals surface area contributed by atoms with E-state index in [-0.39, 0.29) is 5.91 Å². The van der Waals surface area contributed by atoms with Gasteiger partial charge in [-0.1, -0.05) is 52.3 Å². The number of aromatic nitrogens is 2. The van der Waals surface area contributed by atoms with Gasteiger partial charge in [-0.3, -0.25) is 4.79 Å². The maximum atomic E-state index is 13.0. The van der Waals surface area contributed by atoms with Gasteiger partial charge in [0, 0.05) is 21.5 Å². The Kier molecular flexibility index (Phi) is 4.96. The molecule has 2 aromatic heterocycles. The number of benzene rings is 2. The van der Waals surface area contributed by atoms with Crippen LogP contribution in [-0.2, 0) is 6.42 Å². The second-order valence-electron chi connectivity index (χ2n) is 6.54. The normalized spacial score (nSPS) is 11.0. The van der Waals surface area contributed by atoms with Crippen molar-refractivity contribution in [3.05, 3.63) is 76.0 Å². The van der Waals surface area contributed by atoms with Crippen LogP contribution in [0.5, 0.6) is 0 Å². The average molecular weight is 436 g/mol. The van der Waals surface area contributed by atoms with Gasteiger partial charge in [-0.2, -0.15) is 0 Å². The van der Waals surface area contributed by atoms with Gasteiger partial charge < -0.3 is 9.84 Å².